The zero-order valence-corrected chi connectivity index (χ0v) is 15.1. The Hall–Kier alpha value is -2.26. The number of para-hydroxylation sites is 2. The van der Waals surface area contributed by atoms with Crippen molar-refractivity contribution in [2.24, 2.45) is 0 Å². The molecular formula is C17H18F3NO4S. The summed E-state index contributed by atoms with van der Waals surface area (Å²) in [6.07, 6.45) is -5.00. The maximum atomic E-state index is 12.9. The van der Waals surface area contributed by atoms with Crippen molar-refractivity contribution in [3.63, 3.8) is 0 Å². The Kier molecular flexibility index (Phi) is 5.82. The van der Waals surface area contributed by atoms with Crippen molar-refractivity contribution in [3.8, 4) is 11.5 Å². The van der Waals surface area contributed by atoms with Crippen molar-refractivity contribution < 1.29 is 31.1 Å². The molecule has 0 aromatic heterocycles. The molecule has 2 aromatic carbocycles. The van der Waals surface area contributed by atoms with Crippen LogP contribution in [0.15, 0.2) is 53.4 Å². The zero-order valence-electron chi connectivity index (χ0n) is 14.3. The SMILES string of the molecule is COc1ccccc1[C@H](C)N(C)S(=O)(=O)c1ccccc1OC(F)(F)F. The van der Waals surface area contributed by atoms with Crippen molar-refractivity contribution >= 4 is 10.0 Å². The number of halogens is 3. The first kappa shape index (κ1) is 20.1. The fourth-order valence-corrected chi connectivity index (χ4v) is 3.90. The minimum absolute atomic E-state index is 0.474. The van der Waals surface area contributed by atoms with Crippen LogP contribution in [0.1, 0.15) is 18.5 Å². The van der Waals surface area contributed by atoms with Crippen molar-refractivity contribution in [3.05, 3.63) is 54.1 Å². The van der Waals surface area contributed by atoms with E-state index in [0.717, 1.165) is 16.4 Å². The number of benzene rings is 2. The van der Waals surface area contributed by atoms with Gasteiger partial charge in [0.15, 0.2) is 0 Å². The van der Waals surface area contributed by atoms with Crippen LogP contribution in [0.5, 0.6) is 11.5 Å². The summed E-state index contributed by atoms with van der Waals surface area (Å²) in [4.78, 5) is -0.568. The second-order valence-electron chi connectivity index (χ2n) is 5.43. The van der Waals surface area contributed by atoms with Crippen molar-refractivity contribution in [2.45, 2.75) is 24.2 Å². The van der Waals surface area contributed by atoms with Gasteiger partial charge in [-0.3, -0.25) is 0 Å². The van der Waals surface area contributed by atoms with Crippen LogP contribution < -0.4 is 9.47 Å². The van der Waals surface area contributed by atoms with Gasteiger partial charge in [0.1, 0.15) is 16.4 Å². The summed E-state index contributed by atoms with van der Waals surface area (Å²) in [6.45, 7) is 1.61. The van der Waals surface area contributed by atoms with E-state index in [9.17, 15) is 21.6 Å². The molecule has 0 aliphatic heterocycles. The Morgan fingerprint density at radius 2 is 1.54 bits per heavy atom. The molecule has 142 valence electrons. The molecule has 0 heterocycles. The van der Waals surface area contributed by atoms with Gasteiger partial charge in [0, 0.05) is 12.6 Å². The Bertz CT molecular complexity index is 868. The summed E-state index contributed by atoms with van der Waals surface area (Å²) in [5.74, 6) is -0.305. The quantitative estimate of drug-likeness (QED) is 0.750. The number of hydrogen-bond acceptors (Lipinski definition) is 4. The molecule has 0 aliphatic carbocycles. The molecule has 0 spiro atoms. The highest BCUT2D eigenvalue weighted by atomic mass is 32.2. The fraction of sp³-hybridized carbons (Fsp3) is 0.294. The molecule has 5 nitrogen and oxygen atoms in total. The first-order valence-corrected chi connectivity index (χ1v) is 8.97. The summed E-state index contributed by atoms with van der Waals surface area (Å²) in [6, 6.07) is 10.8. The molecule has 0 bridgehead atoms. The van der Waals surface area contributed by atoms with Gasteiger partial charge in [0.2, 0.25) is 10.0 Å². The standard InChI is InChI=1S/C17H18F3NO4S/c1-12(13-8-4-5-9-14(13)24-3)21(2)26(22,23)16-11-7-6-10-15(16)25-17(18,19)20/h4-12H,1-3H3/t12-/m0/s1. The molecular weight excluding hydrogens is 371 g/mol. The third kappa shape index (κ3) is 4.28. The molecule has 0 saturated heterocycles. The summed E-state index contributed by atoms with van der Waals surface area (Å²) in [7, 11) is -1.52. The molecule has 9 heteroatoms. The first-order valence-electron chi connectivity index (χ1n) is 7.53. The van der Waals surface area contributed by atoms with Crippen LogP contribution in [0, 0.1) is 0 Å². The Labute approximate surface area is 150 Å². The van der Waals surface area contributed by atoms with Crippen molar-refractivity contribution in [1.82, 2.24) is 4.31 Å². The van der Waals surface area contributed by atoms with Crippen molar-refractivity contribution in [1.29, 1.82) is 0 Å². The number of nitrogens with zero attached hydrogens (tertiary/aromatic N) is 1. The van der Waals surface area contributed by atoms with Crippen LogP contribution in [0.2, 0.25) is 0 Å². The summed E-state index contributed by atoms with van der Waals surface area (Å²) in [5, 5.41) is 0. The topological polar surface area (TPSA) is 55.8 Å². The van der Waals surface area contributed by atoms with E-state index in [1.54, 1.807) is 31.2 Å². The number of sulfonamides is 1. The van der Waals surface area contributed by atoms with Gasteiger partial charge in [-0.2, -0.15) is 4.31 Å². The minimum Gasteiger partial charge on any atom is -0.496 e. The van der Waals surface area contributed by atoms with Gasteiger partial charge in [-0.25, -0.2) is 8.42 Å². The van der Waals surface area contributed by atoms with Crippen LogP contribution in [-0.4, -0.2) is 33.2 Å². The van der Waals surface area contributed by atoms with Crippen molar-refractivity contribution in [2.75, 3.05) is 14.2 Å². The van der Waals surface area contributed by atoms with Crippen LogP contribution in [0.4, 0.5) is 13.2 Å². The number of rotatable bonds is 6. The molecule has 2 aromatic rings. The summed E-state index contributed by atoms with van der Waals surface area (Å²) >= 11 is 0. The van der Waals surface area contributed by atoms with E-state index in [4.69, 9.17) is 4.74 Å². The normalized spacial score (nSPS) is 13.5. The largest absolute Gasteiger partial charge is 0.573 e. The average Bonchev–Trinajstić information content (AvgIpc) is 2.59. The first-order chi connectivity index (χ1) is 12.1. The number of hydrogen-bond donors (Lipinski definition) is 0. The highest BCUT2D eigenvalue weighted by molar-refractivity contribution is 7.89. The third-order valence-electron chi connectivity index (χ3n) is 3.87. The van der Waals surface area contributed by atoms with E-state index >= 15 is 0 Å². The lowest BCUT2D eigenvalue weighted by Crippen LogP contribution is -2.31. The highest BCUT2D eigenvalue weighted by Crippen LogP contribution is 2.35. The van der Waals surface area contributed by atoms with Gasteiger partial charge >= 0.3 is 6.36 Å². The average molecular weight is 389 g/mol. The zero-order chi connectivity index (χ0) is 19.5. The lowest BCUT2D eigenvalue weighted by Gasteiger charge is -2.26. The molecule has 0 radical (unpaired) electrons. The molecule has 2 rings (SSSR count). The highest BCUT2D eigenvalue weighted by Gasteiger charge is 2.36. The van der Waals surface area contributed by atoms with Gasteiger partial charge in [-0.05, 0) is 25.1 Å². The molecule has 0 aliphatic rings. The molecule has 0 fully saturated rings. The molecule has 0 saturated carbocycles. The number of alkyl halides is 3. The maximum absolute atomic E-state index is 12.9. The minimum atomic E-state index is -5.00. The van der Waals surface area contributed by atoms with Gasteiger partial charge in [-0.15, -0.1) is 13.2 Å². The monoisotopic (exact) mass is 389 g/mol. The Morgan fingerprint density at radius 1 is 1.00 bits per heavy atom. The predicted octanol–water partition coefficient (Wildman–Crippen LogP) is 3.98. The molecule has 1 atom stereocenters. The van der Waals surface area contributed by atoms with E-state index in [2.05, 4.69) is 4.74 Å². The lowest BCUT2D eigenvalue weighted by molar-refractivity contribution is -0.275. The molecule has 0 N–H and O–H groups in total. The Balaban J connectivity index is 2.44. The van der Waals surface area contributed by atoms with Gasteiger partial charge in [0.25, 0.3) is 0 Å². The second kappa shape index (κ2) is 7.55. The number of methoxy groups -OCH3 is 1. The maximum Gasteiger partial charge on any atom is 0.573 e. The fourth-order valence-electron chi connectivity index (χ4n) is 2.44. The molecule has 26 heavy (non-hydrogen) atoms. The predicted molar refractivity (Wildman–Crippen MR) is 89.5 cm³/mol. The van der Waals surface area contributed by atoms with E-state index in [1.807, 2.05) is 0 Å². The van der Waals surface area contributed by atoms with Gasteiger partial charge < -0.3 is 9.47 Å². The van der Waals surface area contributed by atoms with Crippen LogP contribution in [0.3, 0.4) is 0 Å². The Morgan fingerprint density at radius 3 is 2.12 bits per heavy atom. The summed E-state index contributed by atoms with van der Waals surface area (Å²) in [5.41, 5.74) is 0.579. The van der Waals surface area contributed by atoms with E-state index in [1.165, 1.54) is 26.3 Å². The smallest absolute Gasteiger partial charge is 0.496 e. The molecule has 0 amide bonds. The van der Waals surface area contributed by atoms with Crippen LogP contribution >= 0.6 is 0 Å². The van der Waals surface area contributed by atoms with Crippen LogP contribution in [0.25, 0.3) is 0 Å². The van der Waals surface area contributed by atoms with Crippen LogP contribution in [-0.2, 0) is 10.0 Å². The van der Waals surface area contributed by atoms with E-state index in [0.29, 0.717) is 11.3 Å². The number of ether oxygens (including phenoxy) is 2. The van der Waals surface area contributed by atoms with Gasteiger partial charge in [-0.1, -0.05) is 30.3 Å². The van der Waals surface area contributed by atoms with Gasteiger partial charge in [0.05, 0.1) is 13.2 Å². The molecule has 0 unspecified atom stereocenters. The van der Waals surface area contributed by atoms with E-state index < -0.39 is 33.1 Å². The summed E-state index contributed by atoms with van der Waals surface area (Å²) < 4.78 is 73.6. The van der Waals surface area contributed by atoms with E-state index in [-0.39, 0.29) is 0 Å². The second-order valence-corrected chi connectivity index (χ2v) is 7.40. The lowest BCUT2D eigenvalue weighted by atomic mass is 10.1. The third-order valence-corrected chi connectivity index (χ3v) is 5.83.